The molecule has 164 valence electrons. The topological polar surface area (TPSA) is 92.6 Å². The highest BCUT2D eigenvalue weighted by Crippen LogP contribution is 2.32. The summed E-state index contributed by atoms with van der Waals surface area (Å²) in [5.41, 5.74) is 2.15. The van der Waals surface area contributed by atoms with E-state index in [-0.39, 0.29) is 17.2 Å². The van der Waals surface area contributed by atoms with E-state index in [1.54, 1.807) is 39.1 Å². The molecule has 0 bridgehead atoms. The number of thiocarbonyl (C=S) groups is 1. The van der Waals surface area contributed by atoms with Gasteiger partial charge in [0, 0.05) is 19.2 Å². The third kappa shape index (κ3) is 4.43. The van der Waals surface area contributed by atoms with Gasteiger partial charge in [-0.2, -0.15) is 9.40 Å². The lowest BCUT2D eigenvalue weighted by Crippen LogP contribution is -2.37. The van der Waals surface area contributed by atoms with E-state index in [9.17, 15) is 18.0 Å². The molecule has 1 fully saturated rings. The molecule has 31 heavy (non-hydrogen) atoms. The van der Waals surface area contributed by atoms with Crippen LogP contribution in [0.2, 0.25) is 0 Å². The summed E-state index contributed by atoms with van der Waals surface area (Å²) in [7, 11) is -2.21. The second-order valence-electron chi connectivity index (χ2n) is 7.02. The average molecular weight is 479 g/mol. The molecule has 1 aromatic heterocycles. The molecule has 2 aromatic rings. The summed E-state index contributed by atoms with van der Waals surface area (Å²) in [6.07, 6.45) is 2.69. The molecule has 8 nitrogen and oxygen atoms in total. The number of carbonyl (C=O) groups excluding carboxylic acids is 2. The number of carbonyl (C=O) groups is 2. The highest BCUT2D eigenvalue weighted by atomic mass is 32.2. The summed E-state index contributed by atoms with van der Waals surface area (Å²) < 4.78 is 27.8. The van der Waals surface area contributed by atoms with Crippen LogP contribution in [0.1, 0.15) is 34.2 Å². The first-order chi connectivity index (χ1) is 14.5. The Morgan fingerprint density at radius 2 is 1.87 bits per heavy atom. The number of hydrogen-bond donors (Lipinski definition) is 0. The van der Waals surface area contributed by atoms with Crippen LogP contribution in [0.25, 0.3) is 6.08 Å². The molecule has 1 saturated heterocycles. The number of hydrogen-bond acceptors (Lipinski definition) is 7. The highest BCUT2D eigenvalue weighted by Gasteiger charge is 2.32. The number of anilines is 1. The van der Waals surface area contributed by atoms with Crippen LogP contribution in [-0.2, 0) is 21.9 Å². The fourth-order valence-electron chi connectivity index (χ4n) is 3.24. The van der Waals surface area contributed by atoms with Crippen molar-refractivity contribution in [1.29, 1.82) is 0 Å². The number of likely N-dealkylation sites (N-methyl/N-ethyl adjacent to an activating group) is 1. The van der Waals surface area contributed by atoms with Gasteiger partial charge in [-0.25, -0.2) is 8.42 Å². The zero-order chi connectivity index (χ0) is 23.1. The summed E-state index contributed by atoms with van der Waals surface area (Å²) in [6, 6.07) is 6.40. The lowest BCUT2D eigenvalue weighted by molar-refractivity contribution is -0.121. The lowest BCUT2D eigenvalue weighted by atomic mass is 10.1. The second-order valence-corrected chi connectivity index (χ2v) is 10.5. The van der Waals surface area contributed by atoms with Gasteiger partial charge in [-0.3, -0.25) is 19.2 Å². The SMILES string of the molecule is CCN1C(=O)C(=Cc2ccc(C(=O)N(c3c(C)nn(C)c3C)S(C)(=O)=O)cc2)SC1=S. The van der Waals surface area contributed by atoms with Crippen molar-refractivity contribution < 1.29 is 18.0 Å². The van der Waals surface area contributed by atoms with Crippen molar-refractivity contribution in [2.45, 2.75) is 20.8 Å². The largest absolute Gasteiger partial charge is 0.293 e. The van der Waals surface area contributed by atoms with Crippen LogP contribution in [0.15, 0.2) is 29.2 Å². The van der Waals surface area contributed by atoms with Crippen LogP contribution >= 0.6 is 24.0 Å². The number of benzene rings is 1. The molecule has 0 atom stereocenters. The van der Waals surface area contributed by atoms with Crippen molar-refractivity contribution in [1.82, 2.24) is 14.7 Å². The Bertz CT molecular complexity index is 1210. The van der Waals surface area contributed by atoms with Gasteiger partial charge in [0.1, 0.15) is 10.0 Å². The Morgan fingerprint density at radius 3 is 2.32 bits per heavy atom. The molecule has 11 heteroatoms. The molecular formula is C20H22N4O4S3. The van der Waals surface area contributed by atoms with Crippen molar-refractivity contribution in [2.24, 2.45) is 7.05 Å². The quantitative estimate of drug-likeness (QED) is 0.482. The van der Waals surface area contributed by atoms with Gasteiger partial charge < -0.3 is 0 Å². The van der Waals surface area contributed by atoms with E-state index in [1.165, 1.54) is 33.5 Å². The monoisotopic (exact) mass is 478 g/mol. The summed E-state index contributed by atoms with van der Waals surface area (Å²) in [6.45, 7) is 5.72. The van der Waals surface area contributed by atoms with Crippen LogP contribution in [0.5, 0.6) is 0 Å². The maximum Gasteiger partial charge on any atom is 0.272 e. The summed E-state index contributed by atoms with van der Waals surface area (Å²) in [5.74, 6) is -0.825. The second kappa shape index (κ2) is 8.56. The van der Waals surface area contributed by atoms with Crippen LogP contribution in [0.4, 0.5) is 5.69 Å². The molecule has 1 aliphatic rings. The van der Waals surface area contributed by atoms with Gasteiger partial charge in [-0.05, 0) is 44.5 Å². The van der Waals surface area contributed by atoms with Gasteiger partial charge in [0.2, 0.25) is 10.0 Å². The van der Waals surface area contributed by atoms with E-state index < -0.39 is 15.9 Å². The minimum Gasteiger partial charge on any atom is -0.293 e. The molecule has 0 spiro atoms. The maximum absolute atomic E-state index is 13.2. The average Bonchev–Trinajstić information content (AvgIpc) is 3.10. The van der Waals surface area contributed by atoms with Crippen molar-refractivity contribution in [3.63, 3.8) is 0 Å². The van der Waals surface area contributed by atoms with E-state index in [0.29, 0.717) is 32.7 Å². The van der Waals surface area contributed by atoms with Crippen molar-refractivity contribution >= 4 is 61.9 Å². The minimum atomic E-state index is -3.90. The van der Waals surface area contributed by atoms with Crippen LogP contribution in [0, 0.1) is 13.8 Å². The number of nitrogens with zero attached hydrogens (tertiary/aromatic N) is 4. The number of thioether (sulfide) groups is 1. The summed E-state index contributed by atoms with van der Waals surface area (Å²) in [5, 5.41) is 4.22. The normalized spacial score (nSPS) is 15.8. The van der Waals surface area contributed by atoms with E-state index in [0.717, 1.165) is 10.6 Å². The molecule has 1 aromatic carbocycles. The lowest BCUT2D eigenvalue weighted by Gasteiger charge is -2.21. The van der Waals surface area contributed by atoms with Crippen molar-refractivity contribution in [3.8, 4) is 0 Å². The molecular weight excluding hydrogens is 456 g/mol. The number of aryl methyl sites for hydroxylation is 2. The Hall–Kier alpha value is -2.50. The first-order valence-electron chi connectivity index (χ1n) is 9.36. The predicted molar refractivity (Wildman–Crippen MR) is 126 cm³/mol. The number of aromatic nitrogens is 2. The number of sulfonamides is 1. The highest BCUT2D eigenvalue weighted by molar-refractivity contribution is 8.26. The van der Waals surface area contributed by atoms with E-state index in [2.05, 4.69) is 5.10 Å². The van der Waals surface area contributed by atoms with Crippen LogP contribution in [0.3, 0.4) is 0 Å². The Kier molecular flexibility index (Phi) is 6.40. The zero-order valence-corrected chi connectivity index (χ0v) is 20.2. The smallest absolute Gasteiger partial charge is 0.272 e. The third-order valence-corrected chi connectivity index (χ3v) is 7.22. The summed E-state index contributed by atoms with van der Waals surface area (Å²) in [4.78, 5) is 27.5. The first-order valence-corrected chi connectivity index (χ1v) is 12.4. The van der Waals surface area contributed by atoms with Crippen molar-refractivity contribution in [3.05, 3.63) is 51.7 Å². The van der Waals surface area contributed by atoms with E-state index in [1.807, 2.05) is 6.92 Å². The van der Waals surface area contributed by atoms with E-state index in [4.69, 9.17) is 12.2 Å². The minimum absolute atomic E-state index is 0.150. The van der Waals surface area contributed by atoms with Crippen LogP contribution in [-0.4, -0.2) is 52.0 Å². The predicted octanol–water partition coefficient (Wildman–Crippen LogP) is 2.86. The molecule has 0 saturated carbocycles. The molecule has 2 amide bonds. The van der Waals surface area contributed by atoms with E-state index >= 15 is 0 Å². The molecule has 1 aliphatic heterocycles. The molecule has 2 heterocycles. The molecule has 0 N–H and O–H groups in total. The third-order valence-electron chi connectivity index (χ3n) is 4.84. The Morgan fingerprint density at radius 1 is 1.26 bits per heavy atom. The Labute approximate surface area is 191 Å². The fourth-order valence-corrected chi connectivity index (χ4v) is 5.62. The number of amides is 2. The first kappa shape index (κ1) is 23.2. The van der Waals surface area contributed by atoms with Gasteiger partial charge in [0.05, 0.1) is 22.5 Å². The Balaban J connectivity index is 1.94. The van der Waals surface area contributed by atoms with Gasteiger partial charge in [0.15, 0.2) is 0 Å². The zero-order valence-electron chi connectivity index (χ0n) is 17.7. The molecule has 3 rings (SSSR count). The van der Waals surface area contributed by atoms with Crippen molar-refractivity contribution in [2.75, 3.05) is 17.1 Å². The van der Waals surface area contributed by atoms with Gasteiger partial charge in [-0.1, -0.05) is 36.1 Å². The van der Waals surface area contributed by atoms with Gasteiger partial charge in [0.25, 0.3) is 11.8 Å². The van der Waals surface area contributed by atoms with Crippen LogP contribution < -0.4 is 4.31 Å². The fraction of sp³-hybridized carbons (Fsp3) is 0.300. The molecule has 0 aliphatic carbocycles. The summed E-state index contributed by atoms with van der Waals surface area (Å²) >= 11 is 6.44. The standard InChI is InChI=1S/C20H22N4O4S3/c1-6-23-19(26)16(30-20(23)29)11-14-7-9-15(10-8-14)18(25)24(31(5,27)28)17-12(2)21-22(4)13(17)3/h7-11H,6H2,1-5H3. The molecule has 0 unspecified atom stereocenters. The molecule has 0 radical (unpaired) electrons. The maximum atomic E-state index is 13.2. The number of rotatable bonds is 5. The van der Waals surface area contributed by atoms with Gasteiger partial charge in [-0.15, -0.1) is 0 Å². The van der Waals surface area contributed by atoms with Gasteiger partial charge >= 0.3 is 0 Å².